The highest BCUT2D eigenvalue weighted by molar-refractivity contribution is 14.1. The Balaban J connectivity index is 3.43. The van der Waals surface area contributed by atoms with Gasteiger partial charge in [-0.15, -0.1) is 0 Å². The molecule has 0 heterocycles. The van der Waals surface area contributed by atoms with Gasteiger partial charge in [-0.1, -0.05) is 0 Å². The lowest BCUT2D eigenvalue weighted by Gasteiger charge is -2.08. The fraction of sp³-hybridized carbons (Fsp3) is 0.200. The van der Waals surface area contributed by atoms with Crippen LogP contribution >= 0.6 is 22.6 Å². The smallest absolute Gasteiger partial charge is 0.339 e. The van der Waals surface area contributed by atoms with Crippen molar-refractivity contribution >= 4 is 28.6 Å². The molecule has 0 bridgehead atoms. The lowest BCUT2D eigenvalue weighted by molar-refractivity contribution is 0.0600. The van der Waals surface area contributed by atoms with E-state index in [0.29, 0.717) is 5.75 Å². The molecule has 1 aromatic carbocycles. The number of methoxy groups -OCH3 is 2. The van der Waals surface area contributed by atoms with Gasteiger partial charge in [-0.2, -0.15) is 5.26 Å². The van der Waals surface area contributed by atoms with E-state index in [1.807, 2.05) is 28.7 Å². The number of nitriles is 1. The standard InChI is InChI=1S/C10H8INO3/c1-14-9-7(5-12)6(10(13)15-2)3-4-8(9)11/h3-4H,1-2H3. The number of ether oxygens (including phenoxy) is 2. The Hall–Kier alpha value is -1.29. The molecule has 0 amide bonds. The largest absolute Gasteiger partial charge is 0.494 e. The molecule has 0 unspecified atom stereocenters. The summed E-state index contributed by atoms with van der Waals surface area (Å²) in [6.07, 6.45) is 0. The molecule has 0 saturated heterocycles. The quantitative estimate of drug-likeness (QED) is 0.618. The first-order chi connectivity index (χ1) is 7.15. The normalized spacial score (nSPS) is 9.20. The van der Waals surface area contributed by atoms with E-state index in [2.05, 4.69) is 4.74 Å². The summed E-state index contributed by atoms with van der Waals surface area (Å²) in [5.74, 6) is -0.137. The molecule has 0 N–H and O–H groups in total. The molecule has 0 fully saturated rings. The minimum absolute atomic E-state index is 0.205. The maximum Gasteiger partial charge on any atom is 0.339 e. The van der Waals surface area contributed by atoms with Crippen molar-refractivity contribution in [1.29, 1.82) is 5.26 Å². The van der Waals surface area contributed by atoms with Gasteiger partial charge in [0.2, 0.25) is 0 Å². The fourth-order valence-corrected chi connectivity index (χ4v) is 1.82. The van der Waals surface area contributed by atoms with E-state index in [1.165, 1.54) is 14.2 Å². The van der Waals surface area contributed by atoms with Crippen LogP contribution in [0, 0.1) is 14.9 Å². The van der Waals surface area contributed by atoms with Crippen molar-refractivity contribution in [2.75, 3.05) is 14.2 Å². The van der Waals surface area contributed by atoms with Crippen molar-refractivity contribution in [3.05, 3.63) is 26.8 Å². The Morgan fingerprint density at radius 1 is 1.47 bits per heavy atom. The Bertz CT molecular complexity index is 437. The van der Waals surface area contributed by atoms with Crippen LogP contribution in [0.2, 0.25) is 0 Å². The van der Waals surface area contributed by atoms with E-state index < -0.39 is 5.97 Å². The highest BCUT2D eigenvalue weighted by atomic mass is 127. The van der Waals surface area contributed by atoms with E-state index in [1.54, 1.807) is 12.1 Å². The molecule has 78 valence electrons. The number of carbonyl (C=O) groups is 1. The van der Waals surface area contributed by atoms with E-state index in [0.717, 1.165) is 3.57 Å². The summed E-state index contributed by atoms with van der Waals surface area (Å²) in [5, 5.41) is 8.96. The highest BCUT2D eigenvalue weighted by Gasteiger charge is 2.18. The molecular formula is C10H8INO3. The third kappa shape index (κ3) is 2.21. The number of hydrogen-bond donors (Lipinski definition) is 0. The number of benzene rings is 1. The van der Waals surface area contributed by atoms with Crippen molar-refractivity contribution in [3.8, 4) is 11.8 Å². The second-order valence-corrected chi connectivity index (χ2v) is 3.77. The SMILES string of the molecule is COC(=O)c1ccc(I)c(OC)c1C#N. The number of hydrogen-bond acceptors (Lipinski definition) is 4. The molecule has 1 aromatic rings. The van der Waals surface area contributed by atoms with Crippen LogP contribution in [0.5, 0.6) is 5.75 Å². The van der Waals surface area contributed by atoms with Gasteiger partial charge >= 0.3 is 5.97 Å². The summed E-state index contributed by atoms with van der Waals surface area (Å²) in [5.41, 5.74) is 0.425. The molecule has 5 heteroatoms. The Labute approximate surface area is 101 Å². The molecule has 0 spiro atoms. The summed E-state index contributed by atoms with van der Waals surface area (Å²) in [6.45, 7) is 0. The number of nitrogens with zero attached hydrogens (tertiary/aromatic N) is 1. The maximum atomic E-state index is 11.3. The van der Waals surface area contributed by atoms with Gasteiger partial charge in [0, 0.05) is 0 Å². The minimum atomic E-state index is -0.541. The van der Waals surface area contributed by atoms with Gasteiger partial charge < -0.3 is 9.47 Å². The molecule has 0 radical (unpaired) electrons. The summed E-state index contributed by atoms with van der Waals surface area (Å²) in [7, 11) is 2.73. The second kappa shape index (κ2) is 4.98. The first kappa shape index (κ1) is 11.8. The first-order valence-electron chi connectivity index (χ1n) is 4.00. The van der Waals surface area contributed by atoms with Gasteiger partial charge in [0.25, 0.3) is 0 Å². The van der Waals surface area contributed by atoms with Crippen LogP contribution in [0.1, 0.15) is 15.9 Å². The van der Waals surface area contributed by atoms with Crippen molar-refractivity contribution in [1.82, 2.24) is 0 Å². The van der Waals surface area contributed by atoms with Crippen molar-refractivity contribution in [2.24, 2.45) is 0 Å². The zero-order valence-corrected chi connectivity index (χ0v) is 10.4. The molecule has 0 atom stereocenters. The number of esters is 1. The van der Waals surface area contributed by atoms with Crippen LogP contribution in [-0.2, 0) is 4.74 Å². The summed E-state index contributed by atoms with van der Waals surface area (Å²) >= 11 is 2.03. The fourth-order valence-electron chi connectivity index (χ4n) is 1.15. The van der Waals surface area contributed by atoms with Gasteiger partial charge in [0.05, 0.1) is 23.4 Å². The average molecular weight is 317 g/mol. The zero-order valence-electron chi connectivity index (χ0n) is 8.20. The number of halogens is 1. The Kier molecular flexibility index (Phi) is 3.91. The average Bonchev–Trinajstić information content (AvgIpc) is 2.27. The van der Waals surface area contributed by atoms with Crippen LogP contribution < -0.4 is 4.74 Å². The lowest BCUT2D eigenvalue weighted by atomic mass is 10.1. The van der Waals surface area contributed by atoms with Crippen LogP contribution in [0.4, 0.5) is 0 Å². The molecule has 0 aliphatic carbocycles. The monoisotopic (exact) mass is 317 g/mol. The summed E-state index contributed by atoms with van der Waals surface area (Å²) in [4.78, 5) is 11.3. The third-order valence-corrected chi connectivity index (χ3v) is 2.68. The molecular weight excluding hydrogens is 309 g/mol. The number of rotatable bonds is 2. The van der Waals surface area contributed by atoms with Crippen LogP contribution in [0.25, 0.3) is 0 Å². The van der Waals surface area contributed by atoms with Crippen LogP contribution in [-0.4, -0.2) is 20.2 Å². The van der Waals surface area contributed by atoms with Crippen molar-refractivity contribution < 1.29 is 14.3 Å². The van der Waals surface area contributed by atoms with Gasteiger partial charge in [-0.3, -0.25) is 0 Å². The van der Waals surface area contributed by atoms with Gasteiger partial charge in [0.15, 0.2) is 5.75 Å². The van der Waals surface area contributed by atoms with Gasteiger partial charge in [-0.05, 0) is 34.7 Å². The van der Waals surface area contributed by atoms with E-state index in [9.17, 15) is 4.79 Å². The molecule has 1 rings (SSSR count). The molecule has 0 saturated carbocycles. The molecule has 15 heavy (non-hydrogen) atoms. The first-order valence-corrected chi connectivity index (χ1v) is 5.08. The Morgan fingerprint density at radius 3 is 2.60 bits per heavy atom. The molecule has 0 aliphatic rings. The maximum absolute atomic E-state index is 11.3. The predicted octanol–water partition coefficient (Wildman–Crippen LogP) is 1.96. The summed E-state index contributed by atoms with van der Waals surface area (Å²) in [6, 6.07) is 5.19. The van der Waals surface area contributed by atoms with Gasteiger partial charge in [0.1, 0.15) is 11.6 Å². The Morgan fingerprint density at radius 2 is 2.13 bits per heavy atom. The topological polar surface area (TPSA) is 59.3 Å². The summed E-state index contributed by atoms with van der Waals surface area (Å²) < 4.78 is 10.4. The van der Waals surface area contributed by atoms with Crippen molar-refractivity contribution in [3.63, 3.8) is 0 Å². The second-order valence-electron chi connectivity index (χ2n) is 2.61. The van der Waals surface area contributed by atoms with E-state index >= 15 is 0 Å². The number of carbonyl (C=O) groups excluding carboxylic acids is 1. The highest BCUT2D eigenvalue weighted by Crippen LogP contribution is 2.28. The van der Waals surface area contributed by atoms with E-state index in [-0.39, 0.29) is 11.1 Å². The lowest BCUT2D eigenvalue weighted by Crippen LogP contribution is -2.06. The van der Waals surface area contributed by atoms with E-state index in [4.69, 9.17) is 10.00 Å². The zero-order chi connectivity index (χ0) is 11.4. The van der Waals surface area contributed by atoms with Crippen molar-refractivity contribution in [2.45, 2.75) is 0 Å². The third-order valence-electron chi connectivity index (χ3n) is 1.83. The molecule has 0 aliphatic heterocycles. The van der Waals surface area contributed by atoms with Crippen LogP contribution in [0.3, 0.4) is 0 Å². The predicted molar refractivity (Wildman–Crippen MR) is 61.8 cm³/mol. The molecule has 0 aromatic heterocycles. The van der Waals surface area contributed by atoms with Crippen LogP contribution in [0.15, 0.2) is 12.1 Å². The minimum Gasteiger partial charge on any atom is -0.494 e. The van der Waals surface area contributed by atoms with Gasteiger partial charge in [-0.25, -0.2) is 4.79 Å². The molecule has 4 nitrogen and oxygen atoms in total.